The lowest BCUT2D eigenvalue weighted by atomic mass is 9.79. The average Bonchev–Trinajstić information content (AvgIpc) is 2.71. The Bertz CT molecular complexity index is 745. The van der Waals surface area contributed by atoms with Crippen LogP contribution in [0.3, 0.4) is 0 Å². The molecule has 1 fully saturated rings. The first-order chi connectivity index (χ1) is 13.2. The first-order valence-electron chi connectivity index (χ1n) is 10.5. The minimum Gasteiger partial charge on any atom is -0.489 e. The van der Waals surface area contributed by atoms with Gasteiger partial charge in [0.15, 0.2) is 0 Å². The minimum atomic E-state index is 0.331. The van der Waals surface area contributed by atoms with Crippen LogP contribution >= 0.6 is 0 Å². The van der Waals surface area contributed by atoms with Crippen LogP contribution in [0.1, 0.15) is 55.3 Å². The highest BCUT2D eigenvalue weighted by Gasteiger charge is 2.37. The lowest BCUT2D eigenvalue weighted by Gasteiger charge is -2.46. The molecule has 2 aliphatic rings. The summed E-state index contributed by atoms with van der Waals surface area (Å²) in [4.78, 5) is 2.68. The summed E-state index contributed by atoms with van der Waals surface area (Å²) in [5.74, 6) is 1.64. The van der Waals surface area contributed by atoms with Crippen molar-refractivity contribution in [1.82, 2.24) is 4.90 Å². The monoisotopic (exact) mass is 364 g/mol. The van der Waals surface area contributed by atoms with Gasteiger partial charge in [-0.05, 0) is 54.0 Å². The van der Waals surface area contributed by atoms with E-state index in [2.05, 4.69) is 54.3 Å². The number of ether oxygens (including phenoxy) is 1. The average molecular weight is 365 g/mol. The molecule has 0 saturated carbocycles. The Balaban J connectivity index is 1.44. The molecule has 4 rings (SSSR count). The summed E-state index contributed by atoms with van der Waals surface area (Å²) in [7, 11) is 0. The summed E-state index contributed by atoms with van der Waals surface area (Å²) in [5.41, 5.74) is 10.7. The summed E-state index contributed by atoms with van der Waals surface area (Å²) >= 11 is 0. The first kappa shape index (κ1) is 18.5. The van der Waals surface area contributed by atoms with Crippen LogP contribution < -0.4 is 10.5 Å². The fourth-order valence-corrected chi connectivity index (χ4v) is 4.72. The molecule has 2 heterocycles. The van der Waals surface area contributed by atoms with Crippen molar-refractivity contribution in [3.8, 4) is 5.75 Å². The predicted molar refractivity (Wildman–Crippen MR) is 111 cm³/mol. The second-order valence-corrected chi connectivity index (χ2v) is 8.20. The van der Waals surface area contributed by atoms with Crippen molar-refractivity contribution in [1.29, 1.82) is 0 Å². The van der Waals surface area contributed by atoms with E-state index < -0.39 is 0 Å². The Hall–Kier alpha value is -1.84. The van der Waals surface area contributed by atoms with Crippen molar-refractivity contribution >= 4 is 0 Å². The largest absolute Gasteiger partial charge is 0.489 e. The molecule has 3 atom stereocenters. The van der Waals surface area contributed by atoms with Crippen LogP contribution in [0.15, 0.2) is 48.5 Å². The number of benzene rings is 2. The lowest BCUT2D eigenvalue weighted by Crippen LogP contribution is -2.50. The molecule has 144 valence electrons. The molecule has 27 heavy (non-hydrogen) atoms. The van der Waals surface area contributed by atoms with Crippen molar-refractivity contribution in [2.45, 2.75) is 57.7 Å². The van der Waals surface area contributed by atoms with E-state index in [9.17, 15) is 0 Å². The standard InChI is InChI=1S/C24H32N2O/c1-2-3-9-20-16-26-13-12-19-14-21(27-17-18-7-5-4-6-8-18)10-11-22(19)24(26)15-23(20)25/h4-8,10-11,14,20,23-24H,2-3,9,12-13,15-17,25H2,1H3. The van der Waals surface area contributed by atoms with E-state index in [1.165, 1.54) is 36.0 Å². The van der Waals surface area contributed by atoms with Crippen LogP contribution in [0.2, 0.25) is 0 Å². The van der Waals surface area contributed by atoms with Gasteiger partial charge in [-0.25, -0.2) is 0 Å². The molecule has 0 radical (unpaired) electrons. The maximum absolute atomic E-state index is 6.57. The molecule has 0 amide bonds. The van der Waals surface area contributed by atoms with Crippen molar-refractivity contribution in [2.75, 3.05) is 13.1 Å². The molecule has 2 N–H and O–H groups in total. The predicted octanol–water partition coefficient (Wildman–Crippen LogP) is 4.70. The van der Waals surface area contributed by atoms with Gasteiger partial charge in [-0.3, -0.25) is 4.90 Å². The van der Waals surface area contributed by atoms with Gasteiger partial charge in [-0.1, -0.05) is 56.2 Å². The molecule has 2 aromatic rings. The first-order valence-corrected chi connectivity index (χ1v) is 10.5. The van der Waals surface area contributed by atoms with Gasteiger partial charge in [-0.2, -0.15) is 0 Å². The van der Waals surface area contributed by atoms with E-state index in [4.69, 9.17) is 10.5 Å². The fourth-order valence-electron chi connectivity index (χ4n) is 4.72. The topological polar surface area (TPSA) is 38.5 Å². The van der Waals surface area contributed by atoms with E-state index >= 15 is 0 Å². The third-order valence-electron chi connectivity index (χ3n) is 6.33. The Morgan fingerprint density at radius 2 is 2.00 bits per heavy atom. The van der Waals surface area contributed by atoms with Crippen molar-refractivity contribution in [2.24, 2.45) is 11.7 Å². The molecule has 2 aliphatic heterocycles. The molecular weight excluding hydrogens is 332 g/mol. The molecule has 0 spiro atoms. The van der Waals surface area contributed by atoms with Crippen LogP contribution in [0.4, 0.5) is 0 Å². The molecule has 0 bridgehead atoms. The molecule has 2 aromatic carbocycles. The van der Waals surface area contributed by atoms with Crippen LogP contribution in [0.25, 0.3) is 0 Å². The smallest absolute Gasteiger partial charge is 0.120 e. The highest BCUT2D eigenvalue weighted by Crippen LogP contribution is 2.40. The van der Waals surface area contributed by atoms with Crippen molar-refractivity contribution < 1.29 is 4.74 Å². The summed E-state index contributed by atoms with van der Waals surface area (Å²) in [6.07, 6.45) is 6.05. The van der Waals surface area contributed by atoms with E-state index in [0.717, 1.165) is 31.7 Å². The highest BCUT2D eigenvalue weighted by molar-refractivity contribution is 5.40. The number of fused-ring (bicyclic) bond motifs is 3. The molecule has 0 aliphatic carbocycles. The third kappa shape index (κ3) is 4.20. The maximum Gasteiger partial charge on any atom is 0.120 e. The maximum atomic E-state index is 6.57. The number of hydrogen-bond donors (Lipinski definition) is 1. The second-order valence-electron chi connectivity index (χ2n) is 8.20. The summed E-state index contributed by atoms with van der Waals surface area (Å²) < 4.78 is 6.04. The van der Waals surface area contributed by atoms with Crippen molar-refractivity contribution in [3.05, 3.63) is 65.2 Å². The Labute approximate surface area is 163 Å². The van der Waals surface area contributed by atoms with Crippen LogP contribution in [0.5, 0.6) is 5.75 Å². The number of hydrogen-bond acceptors (Lipinski definition) is 3. The SMILES string of the molecule is CCCCC1CN2CCc3cc(OCc4ccccc4)ccc3C2CC1N. The molecule has 3 nitrogen and oxygen atoms in total. The zero-order chi connectivity index (χ0) is 18.6. The molecular formula is C24H32N2O. The van der Waals surface area contributed by atoms with Gasteiger partial charge in [-0.15, -0.1) is 0 Å². The van der Waals surface area contributed by atoms with E-state index in [-0.39, 0.29) is 0 Å². The van der Waals surface area contributed by atoms with Gasteiger partial charge in [0.1, 0.15) is 12.4 Å². The van der Waals surface area contributed by atoms with Crippen LogP contribution in [0, 0.1) is 5.92 Å². The Morgan fingerprint density at radius 1 is 1.15 bits per heavy atom. The second kappa shape index (κ2) is 8.45. The van der Waals surface area contributed by atoms with Gasteiger partial charge in [0.25, 0.3) is 0 Å². The van der Waals surface area contributed by atoms with Gasteiger partial charge < -0.3 is 10.5 Å². The minimum absolute atomic E-state index is 0.331. The number of unbranched alkanes of at least 4 members (excludes halogenated alkanes) is 1. The number of rotatable bonds is 6. The van der Waals surface area contributed by atoms with Gasteiger partial charge in [0.2, 0.25) is 0 Å². The third-order valence-corrected chi connectivity index (χ3v) is 6.33. The van der Waals surface area contributed by atoms with Gasteiger partial charge in [0.05, 0.1) is 0 Å². The van der Waals surface area contributed by atoms with Crippen LogP contribution in [-0.2, 0) is 13.0 Å². The zero-order valence-corrected chi connectivity index (χ0v) is 16.4. The molecule has 3 unspecified atom stereocenters. The van der Waals surface area contributed by atoms with E-state index in [0.29, 0.717) is 24.6 Å². The van der Waals surface area contributed by atoms with Crippen LogP contribution in [-0.4, -0.2) is 24.0 Å². The highest BCUT2D eigenvalue weighted by atomic mass is 16.5. The molecule has 0 aromatic heterocycles. The summed E-state index contributed by atoms with van der Waals surface area (Å²) in [6.45, 7) is 5.21. The fraction of sp³-hybridized carbons (Fsp3) is 0.500. The Morgan fingerprint density at radius 3 is 2.81 bits per heavy atom. The zero-order valence-electron chi connectivity index (χ0n) is 16.4. The normalized spacial score (nSPS) is 24.9. The Kier molecular flexibility index (Phi) is 5.80. The summed E-state index contributed by atoms with van der Waals surface area (Å²) in [5, 5.41) is 0. The van der Waals surface area contributed by atoms with Crippen molar-refractivity contribution in [3.63, 3.8) is 0 Å². The van der Waals surface area contributed by atoms with Gasteiger partial charge in [0, 0.05) is 25.2 Å². The number of nitrogens with two attached hydrogens (primary N) is 1. The molecule has 3 heteroatoms. The van der Waals surface area contributed by atoms with Gasteiger partial charge >= 0.3 is 0 Å². The number of piperidine rings is 1. The van der Waals surface area contributed by atoms with E-state index in [1.54, 1.807) is 0 Å². The number of nitrogens with zero attached hydrogens (tertiary/aromatic N) is 1. The summed E-state index contributed by atoms with van der Waals surface area (Å²) in [6, 6.07) is 17.9. The van der Waals surface area contributed by atoms with E-state index in [1.807, 2.05) is 6.07 Å². The molecule has 1 saturated heterocycles. The quantitative estimate of drug-likeness (QED) is 0.807. The lowest BCUT2D eigenvalue weighted by molar-refractivity contribution is 0.0785.